The summed E-state index contributed by atoms with van der Waals surface area (Å²) in [5.41, 5.74) is 4.66. The number of amides is 2. The van der Waals surface area contributed by atoms with E-state index in [1.54, 1.807) is 11.9 Å². The van der Waals surface area contributed by atoms with Crippen molar-refractivity contribution in [2.75, 3.05) is 20.2 Å². The van der Waals surface area contributed by atoms with E-state index in [1.807, 2.05) is 24.3 Å². The summed E-state index contributed by atoms with van der Waals surface area (Å²) >= 11 is 0. The molecule has 3 rings (SSSR count). The third-order valence-corrected chi connectivity index (χ3v) is 6.55. The van der Waals surface area contributed by atoms with Crippen LogP contribution in [0, 0.1) is 0 Å². The minimum Gasteiger partial charge on any atom is -0.481 e. The maximum Gasteiger partial charge on any atom is 0.407 e. The Morgan fingerprint density at radius 2 is 1.63 bits per heavy atom. The molecular weight excluding hydrogens is 444 g/mol. The van der Waals surface area contributed by atoms with E-state index >= 15 is 0 Å². The lowest BCUT2D eigenvalue weighted by Crippen LogP contribution is -2.40. The summed E-state index contributed by atoms with van der Waals surface area (Å²) in [5.74, 6) is -0.910. The molecule has 0 spiro atoms. The first-order chi connectivity index (χ1) is 16.9. The molecule has 0 aromatic heterocycles. The van der Waals surface area contributed by atoms with E-state index in [-0.39, 0.29) is 37.3 Å². The van der Waals surface area contributed by atoms with Gasteiger partial charge in [-0.05, 0) is 41.5 Å². The van der Waals surface area contributed by atoms with Crippen molar-refractivity contribution in [3.63, 3.8) is 0 Å². The molecule has 0 fully saturated rings. The number of carbonyl (C=O) groups excluding carboxylic acids is 2. The lowest BCUT2D eigenvalue weighted by molar-refractivity contribution is -0.137. The first-order valence-electron chi connectivity index (χ1n) is 12.5. The molecule has 7 nitrogen and oxygen atoms in total. The van der Waals surface area contributed by atoms with Crippen molar-refractivity contribution in [1.82, 2.24) is 10.2 Å². The topological polar surface area (TPSA) is 95.9 Å². The zero-order chi connectivity index (χ0) is 25.2. The van der Waals surface area contributed by atoms with Gasteiger partial charge in [-0.2, -0.15) is 0 Å². The van der Waals surface area contributed by atoms with Gasteiger partial charge in [0, 0.05) is 38.4 Å². The first-order valence-corrected chi connectivity index (χ1v) is 12.5. The number of ether oxygens (including phenoxy) is 1. The van der Waals surface area contributed by atoms with E-state index in [9.17, 15) is 14.4 Å². The summed E-state index contributed by atoms with van der Waals surface area (Å²) in [4.78, 5) is 37.7. The number of fused-ring (bicyclic) bond motifs is 3. The van der Waals surface area contributed by atoms with Crippen LogP contribution in [-0.2, 0) is 14.3 Å². The number of aliphatic carboxylic acids is 1. The Bertz CT molecular complexity index is 976. The van der Waals surface area contributed by atoms with Crippen LogP contribution in [0.5, 0.6) is 0 Å². The van der Waals surface area contributed by atoms with Crippen molar-refractivity contribution in [2.45, 2.75) is 63.8 Å². The van der Waals surface area contributed by atoms with Gasteiger partial charge in [-0.25, -0.2) is 4.79 Å². The molecule has 2 N–H and O–H groups in total. The summed E-state index contributed by atoms with van der Waals surface area (Å²) < 4.78 is 5.66. The quantitative estimate of drug-likeness (QED) is 0.385. The minimum atomic E-state index is -0.828. The molecule has 0 aliphatic heterocycles. The molecular formula is C28H36N2O5. The largest absolute Gasteiger partial charge is 0.481 e. The van der Waals surface area contributed by atoms with E-state index in [4.69, 9.17) is 9.84 Å². The van der Waals surface area contributed by atoms with Gasteiger partial charge in [0.1, 0.15) is 6.61 Å². The van der Waals surface area contributed by atoms with Crippen molar-refractivity contribution in [3.8, 4) is 11.1 Å². The van der Waals surface area contributed by atoms with Crippen molar-refractivity contribution in [1.29, 1.82) is 0 Å². The van der Waals surface area contributed by atoms with Crippen LogP contribution in [0.3, 0.4) is 0 Å². The predicted octanol–water partition coefficient (Wildman–Crippen LogP) is 5.19. The van der Waals surface area contributed by atoms with E-state index in [1.165, 1.54) is 11.1 Å². The summed E-state index contributed by atoms with van der Waals surface area (Å²) in [7, 11) is 1.72. The van der Waals surface area contributed by atoms with Crippen molar-refractivity contribution in [3.05, 3.63) is 59.7 Å². The molecule has 1 atom stereocenters. The fraction of sp³-hybridized carbons (Fsp3) is 0.464. The van der Waals surface area contributed by atoms with Crippen LogP contribution in [0.15, 0.2) is 48.5 Å². The number of unbranched alkanes of at least 4 members (excludes halogenated alkanes) is 2. The Morgan fingerprint density at radius 3 is 2.23 bits per heavy atom. The molecule has 0 heterocycles. The Morgan fingerprint density at radius 1 is 1.00 bits per heavy atom. The predicted molar refractivity (Wildman–Crippen MR) is 135 cm³/mol. The Kier molecular flexibility index (Phi) is 9.70. The van der Waals surface area contributed by atoms with Gasteiger partial charge in [0.2, 0.25) is 5.91 Å². The van der Waals surface area contributed by atoms with Gasteiger partial charge in [0.25, 0.3) is 0 Å². The molecule has 1 unspecified atom stereocenters. The molecule has 1 aliphatic rings. The molecule has 0 radical (unpaired) electrons. The lowest BCUT2D eigenvalue weighted by atomic mass is 9.98. The fourth-order valence-corrected chi connectivity index (χ4v) is 4.60. The van der Waals surface area contributed by atoms with Crippen molar-refractivity contribution >= 4 is 18.0 Å². The van der Waals surface area contributed by atoms with Crippen LogP contribution in [0.4, 0.5) is 4.79 Å². The molecule has 0 bridgehead atoms. The molecule has 0 saturated heterocycles. The fourth-order valence-electron chi connectivity index (χ4n) is 4.60. The average Bonchev–Trinajstić information content (AvgIpc) is 3.17. The van der Waals surface area contributed by atoms with Gasteiger partial charge in [-0.3, -0.25) is 9.59 Å². The third-order valence-electron chi connectivity index (χ3n) is 6.55. The van der Waals surface area contributed by atoms with E-state index in [0.717, 1.165) is 24.0 Å². The maximum absolute atomic E-state index is 12.7. The van der Waals surface area contributed by atoms with Crippen LogP contribution >= 0.6 is 0 Å². The molecule has 2 amide bonds. The van der Waals surface area contributed by atoms with Crippen LogP contribution < -0.4 is 5.32 Å². The van der Waals surface area contributed by atoms with Gasteiger partial charge in [0.05, 0.1) is 0 Å². The zero-order valence-corrected chi connectivity index (χ0v) is 20.7. The summed E-state index contributed by atoms with van der Waals surface area (Å²) in [6, 6.07) is 16.1. The number of carboxylic acids is 1. The normalized spacial score (nSPS) is 13.0. The number of benzene rings is 2. The number of nitrogens with one attached hydrogen (secondary N) is 1. The summed E-state index contributed by atoms with van der Waals surface area (Å²) in [6.45, 7) is 2.80. The standard InChI is InChI=1S/C28H36N2O5/c1-3-4-11-20(18-26(31)30(2)17-10-9-16-27(32)33)29-28(34)35-19-25-23-14-7-5-12-21(23)22-13-6-8-15-24(22)25/h5-8,12-15,20,25H,3-4,9-11,16-19H2,1-2H3,(H,29,34)(H,32,33). The zero-order valence-electron chi connectivity index (χ0n) is 20.7. The van der Waals surface area contributed by atoms with Crippen LogP contribution in [-0.4, -0.2) is 54.2 Å². The molecule has 188 valence electrons. The molecule has 1 aliphatic carbocycles. The molecule has 0 saturated carbocycles. The third kappa shape index (κ3) is 7.31. The Labute approximate surface area is 207 Å². The van der Waals surface area contributed by atoms with Crippen molar-refractivity contribution < 1.29 is 24.2 Å². The van der Waals surface area contributed by atoms with Gasteiger partial charge in [-0.15, -0.1) is 0 Å². The Balaban J connectivity index is 1.54. The first kappa shape index (κ1) is 26.3. The number of hydrogen-bond donors (Lipinski definition) is 2. The van der Waals surface area contributed by atoms with Gasteiger partial charge in [-0.1, -0.05) is 68.3 Å². The summed E-state index contributed by atoms with van der Waals surface area (Å²) in [5, 5.41) is 11.7. The van der Waals surface area contributed by atoms with Crippen LogP contribution in [0.2, 0.25) is 0 Å². The van der Waals surface area contributed by atoms with Crippen LogP contribution in [0.1, 0.15) is 68.9 Å². The van der Waals surface area contributed by atoms with Gasteiger partial charge < -0.3 is 20.1 Å². The average molecular weight is 481 g/mol. The molecule has 2 aromatic rings. The minimum absolute atomic E-state index is 0.0131. The number of hydrogen-bond acceptors (Lipinski definition) is 4. The lowest BCUT2D eigenvalue weighted by Gasteiger charge is -2.23. The highest BCUT2D eigenvalue weighted by molar-refractivity contribution is 5.79. The van der Waals surface area contributed by atoms with E-state index < -0.39 is 12.1 Å². The van der Waals surface area contributed by atoms with Crippen LogP contribution in [0.25, 0.3) is 11.1 Å². The number of nitrogens with zero attached hydrogens (tertiary/aromatic N) is 1. The maximum atomic E-state index is 12.7. The van der Waals surface area contributed by atoms with E-state index in [2.05, 4.69) is 36.5 Å². The highest BCUT2D eigenvalue weighted by atomic mass is 16.5. The second-order valence-corrected chi connectivity index (χ2v) is 9.18. The van der Waals surface area contributed by atoms with Crippen molar-refractivity contribution in [2.24, 2.45) is 0 Å². The Hall–Kier alpha value is -3.35. The highest BCUT2D eigenvalue weighted by Gasteiger charge is 2.29. The highest BCUT2D eigenvalue weighted by Crippen LogP contribution is 2.44. The van der Waals surface area contributed by atoms with E-state index in [0.29, 0.717) is 25.8 Å². The molecule has 7 heteroatoms. The molecule has 35 heavy (non-hydrogen) atoms. The smallest absolute Gasteiger partial charge is 0.407 e. The number of rotatable bonds is 13. The summed E-state index contributed by atoms with van der Waals surface area (Å²) in [6.07, 6.45) is 3.50. The number of carboxylic acid groups (broad SMARTS) is 1. The monoisotopic (exact) mass is 480 g/mol. The van der Waals surface area contributed by atoms with Gasteiger partial charge in [0.15, 0.2) is 0 Å². The SMILES string of the molecule is CCCCC(CC(=O)N(C)CCCCC(=O)O)NC(=O)OCC1c2ccccc2-c2ccccc21. The second kappa shape index (κ2) is 12.9. The second-order valence-electron chi connectivity index (χ2n) is 9.18. The molecule has 2 aromatic carbocycles. The number of alkyl carbamates (subject to hydrolysis) is 1. The number of carbonyl (C=O) groups is 3. The van der Waals surface area contributed by atoms with Gasteiger partial charge >= 0.3 is 12.1 Å².